The number of nitrogens with zero attached hydrogens (tertiary/aromatic N) is 6. The van der Waals surface area contributed by atoms with Crippen LogP contribution in [0, 0.1) is 0 Å². The quantitative estimate of drug-likeness (QED) is 0.447. The van der Waals surface area contributed by atoms with E-state index >= 15 is 0 Å². The smallest absolute Gasteiger partial charge is 0.330 e. The summed E-state index contributed by atoms with van der Waals surface area (Å²) in [5.74, 6) is -0.435. The van der Waals surface area contributed by atoms with Crippen molar-refractivity contribution in [2.24, 2.45) is 0 Å². The fourth-order valence-electron chi connectivity index (χ4n) is 3.29. The van der Waals surface area contributed by atoms with Crippen LogP contribution in [0.5, 0.6) is 0 Å². The number of rotatable bonds is 6. The summed E-state index contributed by atoms with van der Waals surface area (Å²) in [6.45, 7) is 0.163. The van der Waals surface area contributed by atoms with Crippen molar-refractivity contribution >= 4 is 17.4 Å². The molecular formula is C21H20N8O3. The van der Waals surface area contributed by atoms with E-state index in [0.717, 1.165) is 16.8 Å². The minimum atomic E-state index is -0.721. The summed E-state index contributed by atoms with van der Waals surface area (Å²) >= 11 is 0. The van der Waals surface area contributed by atoms with Crippen LogP contribution < -0.4 is 21.9 Å². The Morgan fingerprint density at radius 2 is 1.78 bits per heavy atom. The number of benzene rings is 2. The molecule has 4 aromatic rings. The number of aromatic amines is 1. The lowest BCUT2D eigenvalue weighted by Gasteiger charge is -2.20. The predicted molar refractivity (Wildman–Crippen MR) is 118 cm³/mol. The van der Waals surface area contributed by atoms with Crippen molar-refractivity contribution in [3.63, 3.8) is 0 Å². The first-order valence-corrected chi connectivity index (χ1v) is 9.69. The second kappa shape index (κ2) is 8.68. The number of H-pyrrole nitrogens is 1. The average Bonchev–Trinajstić information content (AvgIpc) is 3.32. The number of tetrazole rings is 1. The zero-order valence-corrected chi connectivity index (χ0v) is 17.2. The lowest BCUT2D eigenvalue weighted by molar-refractivity contribution is -0.117. The van der Waals surface area contributed by atoms with Gasteiger partial charge in [-0.15, -0.1) is 5.10 Å². The van der Waals surface area contributed by atoms with E-state index in [0.29, 0.717) is 0 Å². The Balaban J connectivity index is 1.57. The van der Waals surface area contributed by atoms with Gasteiger partial charge < -0.3 is 10.6 Å². The number of hydrogen-bond acceptors (Lipinski definition) is 7. The fourth-order valence-corrected chi connectivity index (χ4v) is 3.29. The summed E-state index contributed by atoms with van der Waals surface area (Å²) in [7, 11) is 1.45. The molecule has 2 aromatic carbocycles. The largest absolute Gasteiger partial charge is 0.383 e. The Hall–Kier alpha value is -4.54. The molecule has 0 fully saturated rings. The van der Waals surface area contributed by atoms with Crippen molar-refractivity contribution in [2.75, 3.05) is 17.7 Å². The van der Waals surface area contributed by atoms with Crippen molar-refractivity contribution in [3.8, 4) is 5.69 Å². The van der Waals surface area contributed by atoms with Crippen LogP contribution in [0.15, 0.2) is 70.5 Å². The Labute approximate surface area is 181 Å². The van der Waals surface area contributed by atoms with Crippen LogP contribution in [0.25, 0.3) is 5.69 Å². The average molecular weight is 432 g/mol. The van der Waals surface area contributed by atoms with E-state index in [-0.39, 0.29) is 30.4 Å². The van der Waals surface area contributed by atoms with Crippen molar-refractivity contribution in [3.05, 3.63) is 92.9 Å². The summed E-state index contributed by atoms with van der Waals surface area (Å²) < 4.78 is 2.73. The second-order valence-electron chi connectivity index (χ2n) is 7.12. The Morgan fingerprint density at radius 3 is 2.44 bits per heavy atom. The highest BCUT2D eigenvalue weighted by Crippen LogP contribution is 2.18. The molecule has 0 unspecified atom stereocenters. The van der Waals surface area contributed by atoms with Gasteiger partial charge in [0.1, 0.15) is 12.1 Å². The summed E-state index contributed by atoms with van der Waals surface area (Å²) in [5, 5.41) is 11.0. The molecule has 4 rings (SSSR count). The molecule has 162 valence electrons. The van der Waals surface area contributed by atoms with E-state index in [4.69, 9.17) is 5.73 Å². The van der Waals surface area contributed by atoms with Crippen LogP contribution in [-0.2, 0) is 17.8 Å². The minimum Gasteiger partial charge on any atom is -0.383 e. The van der Waals surface area contributed by atoms with Gasteiger partial charge in [-0.1, -0.05) is 42.5 Å². The highest BCUT2D eigenvalue weighted by Gasteiger charge is 2.21. The molecular weight excluding hydrogens is 412 g/mol. The van der Waals surface area contributed by atoms with Gasteiger partial charge in [-0.3, -0.25) is 19.1 Å². The molecule has 0 aliphatic rings. The second-order valence-corrected chi connectivity index (χ2v) is 7.12. The molecule has 2 aromatic heterocycles. The molecule has 11 heteroatoms. The maximum atomic E-state index is 12.9. The zero-order chi connectivity index (χ0) is 22.7. The number of aromatic nitrogens is 6. The summed E-state index contributed by atoms with van der Waals surface area (Å²) in [5.41, 5.74) is 7.03. The van der Waals surface area contributed by atoms with Crippen molar-refractivity contribution in [1.29, 1.82) is 0 Å². The number of amides is 1. The predicted octanol–water partition coefficient (Wildman–Crippen LogP) is 0.348. The third kappa shape index (κ3) is 4.17. The number of hydrogen-bond donors (Lipinski definition) is 2. The van der Waals surface area contributed by atoms with Gasteiger partial charge in [0.2, 0.25) is 5.91 Å². The normalized spacial score (nSPS) is 10.8. The monoisotopic (exact) mass is 432 g/mol. The van der Waals surface area contributed by atoms with E-state index in [2.05, 4.69) is 20.5 Å². The van der Waals surface area contributed by atoms with E-state index in [1.54, 1.807) is 24.3 Å². The van der Waals surface area contributed by atoms with Crippen molar-refractivity contribution in [2.45, 2.75) is 13.0 Å². The number of carbonyl (C=O) groups is 1. The standard InChI is InChI=1S/C21H20N8O3/c1-27(17(30)11-14-7-9-16(10-8-14)29-13-23-25-26-29)18-19(22)28(21(32)24-20(18)31)12-15-5-3-2-4-6-15/h2-10,13H,11-12,22H2,1H3,(H,24,31,32). The maximum absolute atomic E-state index is 12.9. The number of carbonyl (C=O) groups excluding carboxylic acids is 1. The zero-order valence-electron chi connectivity index (χ0n) is 17.2. The first-order valence-electron chi connectivity index (χ1n) is 9.69. The van der Waals surface area contributed by atoms with Crippen LogP contribution in [0.2, 0.25) is 0 Å². The van der Waals surface area contributed by atoms with Crippen LogP contribution in [0.1, 0.15) is 11.1 Å². The van der Waals surface area contributed by atoms with Gasteiger partial charge in [-0.05, 0) is 33.7 Å². The molecule has 0 atom stereocenters. The molecule has 2 heterocycles. The first kappa shape index (κ1) is 20.7. The molecule has 0 aliphatic carbocycles. The topological polar surface area (TPSA) is 145 Å². The van der Waals surface area contributed by atoms with Crippen molar-refractivity contribution in [1.82, 2.24) is 29.8 Å². The third-order valence-electron chi connectivity index (χ3n) is 5.01. The molecule has 0 bridgehead atoms. The van der Waals surface area contributed by atoms with Crippen molar-refractivity contribution < 1.29 is 4.79 Å². The number of nitrogens with two attached hydrogens (primary N) is 1. The molecule has 0 radical (unpaired) electrons. The third-order valence-corrected chi connectivity index (χ3v) is 5.01. The number of likely N-dealkylation sites (N-methyl/N-ethyl adjacent to an activating group) is 1. The molecule has 0 aliphatic heterocycles. The summed E-state index contributed by atoms with van der Waals surface area (Å²) in [4.78, 5) is 41.1. The number of nitrogen functional groups attached to an aromatic ring is 1. The lowest BCUT2D eigenvalue weighted by atomic mass is 10.1. The Morgan fingerprint density at radius 1 is 1.06 bits per heavy atom. The van der Waals surface area contributed by atoms with Crippen LogP contribution in [0.4, 0.5) is 11.5 Å². The fraction of sp³-hybridized carbons (Fsp3) is 0.143. The van der Waals surface area contributed by atoms with E-state index in [1.807, 2.05) is 30.3 Å². The molecule has 32 heavy (non-hydrogen) atoms. The highest BCUT2D eigenvalue weighted by molar-refractivity contribution is 5.96. The summed E-state index contributed by atoms with van der Waals surface area (Å²) in [6.07, 6.45) is 1.50. The van der Waals surface area contributed by atoms with Crippen LogP contribution in [-0.4, -0.2) is 42.7 Å². The maximum Gasteiger partial charge on any atom is 0.330 e. The molecule has 3 N–H and O–H groups in total. The van der Waals surface area contributed by atoms with Gasteiger partial charge in [-0.25, -0.2) is 9.48 Å². The van der Waals surface area contributed by atoms with Gasteiger partial charge in [0.05, 0.1) is 18.7 Å². The van der Waals surface area contributed by atoms with Crippen LogP contribution in [0.3, 0.4) is 0 Å². The Kier molecular flexibility index (Phi) is 5.62. The molecule has 11 nitrogen and oxygen atoms in total. The van der Waals surface area contributed by atoms with Gasteiger partial charge in [0.15, 0.2) is 5.69 Å². The first-order chi connectivity index (χ1) is 15.4. The lowest BCUT2D eigenvalue weighted by Crippen LogP contribution is -2.40. The molecule has 1 amide bonds. The van der Waals surface area contributed by atoms with Gasteiger partial charge in [0.25, 0.3) is 5.56 Å². The van der Waals surface area contributed by atoms with Crippen LogP contribution >= 0.6 is 0 Å². The van der Waals surface area contributed by atoms with Gasteiger partial charge in [-0.2, -0.15) is 0 Å². The molecule has 0 saturated heterocycles. The van der Waals surface area contributed by atoms with Gasteiger partial charge in [0, 0.05) is 7.05 Å². The Bertz CT molecular complexity index is 1340. The SMILES string of the molecule is CN(C(=O)Cc1ccc(-n2cnnn2)cc1)c1c(N)n(Cc2ccccc2)c(=O)[nH]c1=O. The molecule has 0 spiro atoms. The minimum absolute atomic E-state index is 0.0308. The van der Waals surface area contributed by atoms with E-state index in [9.17, 15) is 14.4 Å². The highest BCUT2D eigenvalue weighted by atomic mass is 16.2. The number of anilines is 2. The van der Waals surface area contributed by atoms with E-state index < -0.39 is 11.2 Å². The van der Waals surface area contributed by atoms with Gasteiger partial charge >= 0.3 is 5.69 Å². The molecule has 0 saturated carbocycles. The van der Waals surface area contributed by atoms with E-state index in [1.165, 1.54) is 27.5 Å². The number of nitrogens with one attached hydrogen (secondary N) is 1. The summed E-state index contributed by atoms with van der Waals surface area (Å²) in [6, 6.07) is 16.3.